The van der Waals surface area contributed by atoms with Gasteiger partial charge in [-0.2, -0.15) is 0 Å². The molecule has 0 saturated carbocycles. The molecule has 0 fully saturated rings. The molecule has 0 aromatic heterocycles. The molecule has 1 amide bonds. The van der Waals surface area contributed by atoms with E-state index in [-0.39, 0.29) is 12.0 Å². The van der Waals surface area contributed by atoms with Crippen LogP contribution in [-0.4, -0.2) is 44.7 Å². The number of esters is 2. The molecule has 0 unspecified atom stereocenters. The van der Waals surface area contributed by atoms with Crippen LogP contribution in [-0.2, 0) is 25.5 Å². The van der Waals surface area contributed by atoms with Gasteiger partial charge >= 0.3 is 11.9 Å². The van der Waals surface area contributed by atoms with Crippen molar-refractivity contribution in [1.82, 2.24) is 5.32 Å². The highest BCUT2D eigenvalue weighted by Gasteiger charge is 2.23. The van der Waals surface area contributed by atoms with Crippen molar-refractivity contribution in [1.29, 1.82) is 0 Å². The van der Waals surface area contributed by atoms with Crippen molar-refractivity contribution in [3.63, 3.8) is 0 Å². The van der Waals surface area contributed by atoms with Crippen molar-refractivity contribution in [2.75, 3.05) is 20.8 Å². The Balaban J connectivity index is 1.95. The standard InChI is InChI=1S/C20H21NO6/c1-25-17-11-7-6-10-15(17)19(23)27-13-18(22)21-16(20(24)26-2)12-14-8-4-3-5-9-14/h3-11,16H,12-13H2,1-2H3,(H,21,22)/t16-/m0/s1. The second-order valence-corrected chi connectivity index (χ2v) is 5.61. The van der Waals surface area contributed by atoms with Crippen molar-refractivity contribution in [2.45, 2.75) is 12.5 Å². The summed E-state index contributed by atoms with van der Waals surface area (Å²) >= 11 is 0. The number of hydrogen-bond donors (Lipinski definition) is 1. The van der Waals surface area contributed by atoms with Gasteiger partial charge in [-0.15, -0.1) is 0 Å². The first kappa shape index (κ1) is 20.0. The summed E-state index contributed by atoms with van der Waals surface area (Å²) in [6, 6.07) is 14.8. The summed E-state index contributed by atoms with van der Waals surface area (Å²) in [5, 5.41) is 2.53. The lowest BCUT2D eigenvalue weighted by Gasteiger charge is -2.16. The maximum absolute atomic E-state index is 12.1. The first-order chi connectivity index (χ1) is 13.0. The quantitative estimate of drug-likeness (QED) is 0.711. The molecule has 0 radical (unpaired) electrons. The molecule has 2 rings (SSSR count). The smallest absolute Gasteiger partial charge is 0.342 e. The van der Waals surface area contributed by atoms with E-state index >= 15 is 0 Å². The number of amides is 1. The molecule has 1 N–H and O–H groups in total. The van der Waals surface area contributed by atoms with E-state index in [1.807, 2.05) is 30.3 Å². The van der Waals surface area contributed by atoms with E-state index in [9.17, 15) is 14.4 Å². The largest absolute Gasteiger partial charge is 0.496 e. The lowest BCUT2D eigenvalue weighted by molar-refractivity contribution is -0.145. The molecule has 0 aliphatic rings. The number of rotatable bonds is 8. The number of ether oxygens (including phenoxy) is 3. The van der Waals surface area contributed by atoms with E-state index in [1.54, 1.807) is 18.2 Å². The summed E-state index contributed by atoms with van der Waals surface area (Å²) in [5.74, 6) is -1.53. The molecule has 0 aliphatic carbocycles. The second-order valence-electron chi connectivity index (χ2n) is 5.61. The summed E-state index contributed by atoms with van der Waals surface area (Å²) in [6.07, 6.45) is 0.264. The number of methoxy groups -OCH3 is 2. The average molecular weight is 371 g/mol. The van der Waals surface area contributed by atoms with Crippen molar-refractivity contribution < 1.29 is 28.6 Å². The van der Waals surface area contributed by atoms with E-state index in [1.165, 1.54) is 20.3 Å². The predicted octanol–water partition coefficient (Wildman–Crippen LogP) is 1.75. The first-order valence-corrected chi connectivity index (χ1v) is 8.26. The summed E-state index contributed by atoms with van der Waals surface area (Å²) < 4.78 is 14.8. The Bertz CT molecular complexity index is 790. The molecule has 0 aliphatic heterocycles. The fourth-order valence-corrected chi connectivity index (χ4v) is 2.44. The molecule has 27 heavy (non-hydrogen) atoms. The van der Waals surface area contributed by atoms with Crippen LogP contribution in [0, 0.1) is 0 Å². The van der Waals surface area contributed by atoms with Gasteiger partial charge in [-0.3, -0.25) is 4.79 Å². The zero-order chi connectivity index (χ0) is 19.6. The molecule has 0 heterocycles. The van der Waals surface area contributed by atoms with Crippen LogP contribution in [0.5, 0.6) is 5.75 Å². The van der Waals surface area contributed by atoms with E-state index in [0.29, 0.717) is 5.75 Å². The number of nitrogens with one attached hydrogen (secondary N) is 1. The average Bonchev–Trinajstić information content (AvgIpc) is 2.71. The van der Waals surface area contributed by atoms with Gasteiger partial charge in [0.25, 0.3) is 5.91 Å². The second kappa shape index (κ2) is 9.96. The van der Waals surface area contributed by atoms with Gasteiger partial charge in [0.05, 0.1) is 14.2 Å². The molecule has 2 aromatic rings. The fourth-order valence-electron chi connectivity index (χ4n) is 2.44. The van der Waals surface area contributed by atoms with Crippen LogP contribution < -0.4 is 10.1 Å². The van der Waals surface area contributed by atoms with Crippen LogP contribution in [0.1, 0.15) is 15.9 Å². The van der Waals surface area contributed by atoms with Crippen LogP contribution in [0.4, 0.5) is 0 Å². The molecule has 7 heteroatoms. The van der Waals surface area contributed by atoms with Crippen LogP contribution in [0.3, 0.4) is 0 Å². The summed E-state index contributed by atoms with van der Waals surface area (Å²) in [4.78, 5) is 36.2. The lowest BCUT2D eigenvalue weighted by Crippen LogP contribution is -2.44. The Morgan fingerprint density at radius 2 is 1.63 bits per heavy atom. The number of para-hydroxylation sites is 1. The van der Waals surface area contributed by atoms with Gasteiger partial charge < -0.3 is 19.5 Å². The van der Waals surface area contributed by atoms with Crippen molar-refractivity contribution in [3.8, 4) is 5.75 Å². The van der Waals surface area contributed by atoms with E-state index in [0.717, 1.165) is 5.56 Å². The third-order valence-corrected chi connectivity index (χ3v) is 3.76. The Hall–Kier alpha value is -3.35. The predicted molar refractivity (Wildman–Crippen MR) is 97.4 cm³/mol. The lowest BCUT2D eigenvalue weighted by atomic mass is 10.1. The topological polar surface area (TPSA) is 90.9 Å². The van der Waals surface area contributed by atoms with Crippen molar-refractivity contribution in [3.05, 3.63) is 65.7 Å². The van der Waals surface area contributed by atoms with Crippen LogP contribution >= 0.6 is 0 Å². The molecule has 2 aromatic carbocycles. The van der Waals surface area contributed by atoms with Gasteiger partial charge in [-0.05, 0) is 17.7 Å². The van der Waals surface area contributed by atoms with Crippen LogP contribution in [0.15, 0.2) is 54.6 Å². The van der Waals surface area contributed by atoms with Gasteiger partial charge in [0.2, 0.25) is 0 Å². The van der Waals surface area contributed by atoms with Gasteiger partial charge in [-0.25, -0.2) is 9.59 Å². The molecular formula is C20H21NO6. The Labute approximate surface area is 157 Å². The normalized spacial score (nSPS) is 11.2. The molecule has 142 valence electrons. The maximum atomic E-state index is 12.1. The van der Waals surface area contributed by atoms with E-state index in [4.69, 9.17) is 14.2 Å². The molecular weight excluding hydrogens is 350 g/mol. The molecule has 7 nitrogen and oxygen atoms in total. The summed E-state index contributed by atoms with van der Waals surface area (Å²) in [6.45, 7) is -0.529. The highest BCUT2D eigenvalue weighted by Crippen LogP contribution is 2.18. The Morgan fingerprint density at radius 1 is 0.963 bits per heavy atom. The maximum Gasteiger partial charge on any atom is 0.342 e. The van der Waals surface area contributed by atoms with E-state index in [2.05, 4.69) is 5.32 Å². The monoisotopic (exact) mass is 371 g/mol. The van der Waals surface area contributed by atoms with Crippen molar-refractivity contribution >= 4 is 17.8 Å². The highest BCUT2D eigenvalue weighted by molar-refractivity contribution is 5.94. The molecule has 1 atom stereocenters. The fraction of sp³-hybridized carbons (Fsp3) is 0.250. The van der Waals surface area contributed by atoms with Crippen LogP contribution in [0.25, 0.3) is 0 Å². The van der Waals surface area contributed by atoms with Gasteiger partial charge in [-0.1, -0.05) is 42.5 Å². The summed E-state index contributed by atoms with van der Waals surface area (Å²) in [5.41, 5.74) is 1.07. The number of carbonyl (C=O) groups excluding carboxylic acids is 3. The Kier molecular flexibility index (Phi) is 7.37. The van der Waals surface area contributed by atoms with Gasteiger partial charge in [0, 0.05) is 6.42 Å². The minimum Gasteiger partial charge on any atom is -0.496 e. The third kappa shape index (κ3) is 5.85. The zero-order valence-corrected chi connectivity index (χ0v) is 15.1. The number of benzene rings is 2. The third-order valence-electron chi connectivity index (χ3n) is 3.76. The number of hydrogen-bond acceptors (Lipinski definition) is 6. The SMILES string of the molecule is COC(=O)[C@H](Cc1ccccc1)NC(=O)COC(=O)c1ccccc1OC. The molecule has 0 saturated heterocycles. The zero-order valence-electron chi connectivity index (χ0n) is 15.1. The number of carbonyl (C=O) groups is 3. The summed E-state index contributed by atoms with van der Waals surface area (Å²) in [7, 11) is 2.68. The first-order valence-electron chi connectivity index (χ1n) is 8.26. The Morgan fingerprint density at radius 3 is 2.30 bits per heavy atom. The van der Waals surface area contributed by atoms with E-state index < -0.39 is 30.5 Å². The van der Waals surface area contributed by atoms with Gasteiger partial charge in [0.15, 0.2) is 6.61 Å². The van der Waals surface area contributed by atoms with Crippen LogP contribution in [0.2, 0.25) is 0 Å². The molecule has 0 bridgehead atoms. The molecule has 0 spiro atoms. The minimum atomic E-state index is -0.880. The van der Waals surface area contributed by atoms with Gasteiger partial charge in [0.1, 0.15) is 17.4 Å². The van der Waals surface area contributed by atoms with Crippen molar-refractivity contribution in [2.24, 2.45) is 0 Å². The minimum absolute atomic E-state index is 0.210. The highest BCUT2D eigenvalue weighted by atomic mass is 16.5.